The number of ether oxygens (including phenoxy) is 1. The lowest BCUT2D eigenvalue weighted by atomic mass is 10.0. The zero-order valence-electron chi connectivity index (χ0n) is 18.6. The standard InChI is InChI=1S/C23H25FN4O4S/c1-15(2)11-20(23(29)32-3)28-14-19-22(18-12-17(24)9-10-21(18)33(28,30)31)27(26-25-19)13-16-7-5-4-6-8-16/h4-10,12,15,20H,11,13-14H2,1-3H3/t20-/m0/s1. The fraction of sp³-hybridized carbons (Fsp3) is 0.348. The van der Waals surface area contributed by atoms with Crippen molar-refractivity contribution < 1.29 is 22.3 Å². The van der Waals surface area contributed by atoms with Crippen LogP contribution in [0, 0.1) is 11.7 Å². The number of halogens is 1. The molecule has 0 radical (unpaired) electrons. The first-order valence-electron chi connectivity index (χ1n) is 10.6. The topological polar surface area (TPSA) is 94.4 Å². The monoisotopic (exact) mass is 472 g/mol. The first kappa shape index (κ1) is 23.1. The lowest BCUT2D eigenvalue weighted by Crippen LogP contribution is -2.45. The van der Waals surface area contributed by atoms with E-state index in [0.29, 0.717) is 17.9 Å². The van der Waals surface area contributed by atoms with E-state index in [2.05, 4.69) is 10.3 Å². The van der Waals surface area contributed by atoms with E-state index >= 15 is 0 Å². The number of methoxy groups -OCH3 is 1. The van der Waals surface area contributed by atoms with Crippen LogP contribution in [-0.4, -0.2) is 46.8 Å². The van der Waals surface area contributed by atoms with Gasteiger partial charge in [-0.15, -0.1) is 5.10 Å². The van der Waals surface area contributed by atoms with Crippen LogP contribution in [0.2, 0.25) is 0 Å². The summed E-state index contributed by atoms with van der Waals surface area (Å²) in [5.41, 5.74) is 1.85. The second kappa shape index (κ2) is 9.03. The van der Waals surface area contributed by atoms with Gasteiger partial charge < -0.3 is 4.74 Å². The molecule has 0 N–H and O–H groups in total. The van der Waals surface area contributed by atoms with Crippen LogP contribution in [-0.2, 0) is 32.6 Å². The maximum absolute atomic E-state index is 14.3. The Bertz CT molecular complexity index is 1270. The summed E-state index contributed by atoms with van der Waals surface area (Å²) in [4.78, 5) is 12.5. The molecule has 1 aliphatic heterocycles. The summed E-state index contributed by atoms with van der Waals surface area (Å²) < 4.78 is 49.4. The molecule has 0 unspecified atom stereocenters. The van der Waals surface area contributed by atoms with Gasteiger partial charge in [0.2, 0.25) is 10.0 Å². The van der Waals surface area contributed by atoms with Crippen LogP contribution >= 0.6 is 0 Å². The van der Waals surface area contributed by atoms with E-state index in [1.54, 1.807) is 4.68 Å². The largest absolute Gasteiger partial charge is 0.468 e. The number of carbonyl (C=O) groups excluding carboxylic acids is 1. The molecule has 0 saturated carbocycles. The van der Waals surface area contributed by atoms with Crippen molar-refractivity contribution >= 4 is 16.0 Å². The molecule has 10 heteroatoms. The van der Waals surface area contributed by atoms with Crippen LogP contribution in [0.25, 0.3) is 11.3 Å². The van der Waals surface area contributed by atoms with E-state index in [1.807, 2.05) is 44.2 Å². The summed E-state index contributed by atoms with van der Waals surface area (Å²) in [6.45, 7) is 3.93. The Hall–Kier alpha value is -3.11. The van der Waals surface area contributed by atoms with Gasteiger partial charge in [-0.25, -0.2) is 17.5 Å². The van der Waals surface area contributed by atoms with Gasteiger partial charge in [0.15, 0.2) is 0 Å². The maximum Gasteiger partial charge on any atom is 0.324 e. The molecular weight excluding hydrogens is 447 g/mol. The lowest BCUT2D eigenvalue weighted by molar-refractivity contribution is -0.145. The van der Waals surface area contributed by atoms with Crippen LogP contribution in [0.15, 0.2) is 53.4 Å². The number of benzene rings is 2. The molecule has 0 aliphatic carbocycles. The fourth-order valence-electron chi connectivity index (χ4n) is 4.08. The summed E-state index contributed by atoms with van der Waals surface area (Å²) in [6, 6.07) is 11.9. The summed E-state index contributed by atoms with van der Waals surface area (Å²) in [5, 5.41) is 8.47. The van der Waals surface area contributed by atoms with Crippen molar-refractivity contribution in [1.82, 2.24) is 19.3 Å². The molecule has 2 heterocycles. The van der Waals surface area contributed by atoms with E-state index < -0.39 is 27.9 Å². The first-order valence-corrected chi connectivity index (χ1v) is 12.0. The van der Waals surface area contributed by atoms with Crippen LogP contribution in [0.4, 0.5) is 4.39 Å². The van der Waals surface area contributed by atoms with Crippen molar-refractivity contribution in [2.75, 3.05) is 7.11 Å². The Morgan fingerprint density at radius 1 is 1.18 bits per heavy atom. The summed E-state index contributed by atoms with van der Waals surface area (Å²) >= 11 is 0. The molecule has 0 fully saturated rings. The number of rotatable bonds is 6. The molecule has 4 rings (SSSR count). The second-order valence-corrected chi connectivity index (χ2v) is 10.2. The third-order valence-electron chi connectivity index (χ3n) is 5.58. The number of nitrogens with zero attached hydrogens (tertiary/aromatic N) is 4. The van der Waals surface area contributed by atoms with Crippen molar-refractivity contribution in [3.8, 4) is 11.3 Å². The first-order chi connectivity index (χ1) is 15.7. The molecule has 1 aliphatic rings. The highest BCUT2D eigenvalue weighted by atomic mass is 32.2. The van der Waals surface area contributed by atoms with E-state index in [0.717, 1.165) is 15.9 Å². The molecule has 2 aromatic carbocycles. The Labute approximate surface area is 192 Å². The zero-order valence-corrected chi connectivity index (χ0v) is 19.4. The number of fused-ring (bicyclic) bond motifs is 3. The predicted octanol–water partition coefficient (Wildman–Crippen LogP) is 3.22. The number of hydrogen-bond acceptors (Lipinski definition) is 6. The van der Waals surface area contributed by atoms with Gasteiger partial charge in [0, 0.05) is 5.56 Å². The highest BCUT2D eigenvalue weighted by Crippen LogP contribution is 2.38. The molecule has 174 valence electrons. The van der Waals surface area contributed by atoms with Crippen LogP contribution in [0.1, 0.15) is 31.5 Å². The van der Waals surface area contributed by atoms with Gasteiger partial charge in [-0.3, -0.25) is 4.79 Å². The highest BCUT2D eigenvalue weighted by Gasteiger charge is 2.42. The van der Waals surface area contributed by atoms with Crippen molar-refractivity contribution in [3.05, 3.63) is 65.6 Å². The molecule has 8 nitrogen and oxygen atoms in total. The average Bonchev–Trinajstić information content (AvgIpc) is 3.13. The molecule has 0 spiro atoms. The molecule has 1 aromatic heterocycles. The third kappa shape index (κ3) is 4.40. The Kier molecular flexibility index (Phi) is 6.31. The van der Waals surface area contributed by atoms with E-state index in [1.165, 1.54) is 19.2 Å². The van der Waals surface area contributed by atoms with Gasteiger partial charge in [-0.05, 0) is 36.1 Å². The quantitative estimate of drug-likeness (QED) is 0.512. The normalized spacial score (nSPS) is 16.0. The van der Waals surface area contributed by atoms with Gasteiger partial charge in [-0.1, -0.05) is 49.4 Å². The minimum Gasteiger partial charge on any atom is -0.468 e. The minimum absolute atomic E-state index is 0.0217. The summed E-state index contributed by atoms with van der Waals surface area (Å²) in [5.74, 6) is -1.22. The van der Waals surface area contributed by atoms with E-state index in [-0.39, 0.29) is 29.3 Å². The third-order valence-corrected chi connectivity index (χ3v) is 7.50. The average molecular weight is 473 g/mol. The van der Waals surface area contributed by atoms with Gasteiger partial charge in [0.25, 0.3) is 0 Å². The van der Waals surface area contributed by atoms with Crippen molar-refractivity contribution in [1.29, 1.82) is 0 Å². The lowest BCUT2D eigenvalue weighted by Gasteiger charge is -2.28. The van der Waals surface area contributed by atoms with Crippen LogP contribution < -0.4 is 0 Å². The molecule has 0 saturated heterocycles. The van der Waals surface area contributed by atoms with Crippen molar-refractivity contribution in [2.24, 2.45) is 5.92 Å². The van der Waals surface area contributed by atoms with E-state index in [4.69, 9.17) is 4.74 Å². The number of carbonyl (C=O) groups is 1. The molecule has 3 aromatic rings. The van der Waals surface area contributed by atoms with Crippen LogP contribution in [0.5, 0.6) is 0 Å². The smallest absolute Gasteiger partial charge is 0.324 e. The second-order valence-electron chi connectivity index (χ2n) is 8.39. The number of esters is 1. The highest BCUT2D eigenvalue weighted by molar-refractivity contribution is 7.89. The van der Waals surface area contributed by atoms with E-state index in [9.17, 15) is 17.6 Å². The van der Waals surface area contributed by atoms with Gasteiger partial charge in [-0.2, -0.15) is 4.31 Å². The Balaban J connectivity index is 1.91. The molecular formula is C23H25FN4O4S. The van der Waals surface area contributed by atoms with Crippen molar-refractivity contribution in [2.45, 2.75) is 44.3 Å². The maximum atomic E-state index is 14.3. The van der Waals surface area contributed by atoms with Gasteiger partial charge >= 0.3 is 5.97 Å². The summed E-state index contributed by atoms with van der Waals surface area (Å²) in [7, 11) is -2.95. The summed E-state index contributed by atoms with van der Waals surface area (Å²) in [6.07, 6.45) is 0.260. The fourth-order valence-corrected chi connectivity index (χ4v) is 5.81. The number of hydrogen-bond donors (Lipinski definition) is 0. The van der Waals surface area contributed by atoms with Gasteiger partial charge in [0.1, 0.15) is 17.6 Å². The molecule has 0 amide bonds. The number of aromatic nitrogens is 3. The van der Waals surface area contributed by atoms with Crippen molar-refractivity contribution in [3.63, 3.8) is 0 Å². The van der Waals surface area contributed by atoms with Crippen LogP contribution in [0.3, 0.4) is 0 Å². The zero-order chi connectivity index (χ0) is 23.8. The predicted molar refractivity (Wildman–Crippen MR) is 119 cm³/mol. The number of sulfonamides is 1. The molecule has 33 heavy (non-hydrogen) atoms. The molecule has 0 bridgehead atoms. The Morgan fingerprint density at radius 2 is 1.91 bits per heavy atom. The SMILES string of the molecule is COC(=O)[C@H](CC(C)C)N1Cc2nnn(Cc3ccccc3)c2-c2cc(F)ccc2S1(=O)=O. The van der Waals surface area contributed by atoms with Gasteiger partial charge in [0.05, 0.1) is 30.8 Å². The Morgan fingerprint density at radius 3 is 2.58 bits per heavy atom. The minimum atomic E-state index is -4.18. The molecule has 1 atom stereocenters.